The third kappa shape index (κ3) is 1.72. The predicted molar refractivity (Wildman–Crippen MR) is 75.3 cm³/mol. The number of piperidine rings is 1. The van der Waals surface area contributed by atoms with Crippen molar-refractivity contribution in [1.82, 2.24) is 4.90 Å². The molecule has 3 heteroatoms. The second-order valence-electron chi connectivity index (χ2n) is 5.94. The Morgan fingerprint density at radius 2 is 2.32 bits per heavy atom. The third-order valence-electron chi connectivity index (χ3n) is 4.97. The second kappa shape index (κ2) is 4.36. The number of aliphatic hydroxyl groups is 1. The number of phenolic OH excluding ortho intramolecular Hbond substituents is 1. The topological polar surface area (TPSA) is 43.7 Å². The van der Waals surface area contributed by atoms with Crippen molar-refractivity contribution in [3.05, 3.63) is 42.0 Å². The van der Waals surface area contributed by atoms with Crippen LogP contribution in [0.2, 0.25) is 0 Å². The zero-order chi connectivity index (χ0) is 13.6. The summed E-state index contributed by atoms with van der Waals surface area (Å²) in [6.07, 6.45) is 4.02. The van der Waals surface area contributed by atoms with Crippen molar-refractivity contribution in [3.8, 4) is 5.75 Å². The number of aromatic hydroxyl groups is 1. The van der Waals surface area contributed by atoms with Crippen LogP contribution in [0.15, 0.2) is 30.9 Å². The van der Waals surface area contributed by atoms with Crippen LogP contribution in [0, 0.1) is 0 Å². The molecule has 1 saturated heterocycles. The molecule has 0 aromatic heterocycles. The number of likely N-dealkylation sites (tertiary alicyclic amines) is 1. The first-order chi connectivity index (χ1) is 9.08. The van der Waals surface area contributed by atoms with Crippen LogP contribution in [0.5, 0.6) is 5.75 Å². The lowest BCUT2D eigenvalue weighted by atomic mass is 9.60. The molecule has 2 bridgehead atoms. The Labute approximate surface area is 114 Å². The summed E-state index contributed by atoms with van der Waals surface area (Å²) < 4.78 is 0. The van der Waals surface area contributed by atoms with Gasteiger partial charge in [0.25, 0.3) is 0 Å². The molecule has 0 saturated carbocycles. The Morgan fingerprint density at radius 1 is 1.53 bits per heavy atom. The number of allylic oxidation sites excluding steroid dienone is 1. The quantitative estimate of drug-likeness (QED) is 0.796. The minimum Gasteiger partial charge on any atom is -0.508 e. The molecule has 3 nitrogen and oxygen atoms in total. The molecule has 1 aliphatic heterocycles. The standard InChI is InChI=1S/C16H21NO2/c1-3-6-16-7-8-17(2)14(15(16)19)9-11-4-5-12(18)10-13(11)16/h3-5,10,14-15,18-19H,1,6-9H2,2H3/t14-,15-,16+/m1/s1. The first-order valence-corrected chi connectivity index (χ1v) is 6.90. The average molecular weight is 259 g/mol. The van der Waals surface area contributed by atoms with Gasteiger partial charge in [-0.15, -0.1) is 6.58 Å². The molecule has 102 valence electrons. The van der Waals surface area contributed by atoms with Gasteiger partial charge in [-0.25, -0.2) is 0 Å². The Hall–Kier alpha value is -1.32. The van der Waals surface area contributed by atoms with Crippen LogP contribution in [0.3, 0.4) is 0 Å². The smallest absolute Gasteiger partial charge is 0.115 e. The van der Waals surface area contributed by atoms with E-state index in [0.29, 0.717) is 0 Å². The van der Waals surface area contributed by atoms with Crippen LogP contribution >= 0.6 is 0 Å². The van der Waals surface area contributed by atoms with E-state index in [9.17, 15) is 10.2 Å². The highest BCUT2D eigenvalue weighted by Gasteiger charge is 2.51. The van der Waals surface area contributed by atoms with E-state index in [-0.39, 0.29) is 17.2 Å². The molecule has 2 N–H and O–H groups in total. The van der Waals surface area contributed by atoms with Crippen LogP contribution < -0.4 is 0 Å². The first kappa shape index (κ1) is 12.7. The maximum Gasteiger partial charge on any atom is 0.115 e. The van der Waals surface area contributed by atoms with Gasteiger partial charge in [-0.3, -0.25) is 0 Å². The van der Waals surface area contributed by atoms with Crippen LogP contribution in [-0.2, 0) is 11.8 Å². The van der Waals surface area contributed by atoms with E-state index < -0.39 is 6.10 Å². The van der Waals surface area contributed by atoms with Crippen LogP contribution in [0.1, 0.15) is 24.0 Å². The molecule has 1 heterocycles. The molecular weight excluding hydrogens is 238 g/mol. The molecule has 0 radical (unpaired) electrons. The SMILES string of the molecule is C=CC[C@]12CCN(C)[C@H](Cc3ccc(O)cc31)[C@H]2O. The van der Waals surface area contributed by atoms with E-state index in [1.165, 1.54) is 5.56 Å². The van der Waals surface area contributed by atoms with Gasteiger partial charge in [-0.1, -0.05) is 12.1 Å². The number of hydrogen-bond donors (Lipinski definition) is 2. The lowest BCUT2D eigenvalue weighted by Crippen LogP contribution is -2.62. The van der Waals surface area contributed by atoms with E-state index in [4.69, 9.17) is 0 Å². The molecule has 3 atom stereocenters. The van der Waals surface area contributed by atoms with Gasteiger partial charge in [0.15, 0.2) is 0 Å². The molecule has 0 amide bonds. The predicted octanol–water partition coefficient (Wildman–Crippen LogP) is 1.83. The van der Waals surface area contributed by atoms with Crippen LogP contribution in [-0.4, -0.2) is 40.9 Å². The first-order valence-electron chi connectivity index (χ1n) is 6.90. The Morgan fingerprint density at radius 3 is 3.05 bits per heavy atom. The van der Waals surface area contributed by atoms with Gasteiger partial charge in [-0.2, -0.15) is 0 Å². The van der Waals surface area contributed by atoms with Gasteiger partial charge in [0.05, 0.1) is 6.10 Å². The second-order valence-corrected chi connectivity index (χ2v) is 5.94. The minimum atomic E-state index is -0.390. The highest BCUT2D eigenvalue weighted by Crippen LogP contribution is 2.47. The summed E-state index contributed by atoms with van der Waals surface area (Å²) in [4.78, 5) is 2.25. The van der Waals surface area contributed by atoms with Crippen molar-refractivity contribution in [2.24, 2.45) is 0 Å². The minimum absolute atomic E-state index is 0.172. The lowest BCUT2D eigenvalue weighted by Gasteiger charge is -2.53. The molecule has 1 fully saturated rings. The van der Waals surface area contributed by atoms with Crippen molar-refractivity contribution < 1.29 is 10.2 Å². The van der Waals surface area contributed by atoms with Crippen molar-refractivity contribution >= 4 is 0 Å². The molecule has 1 aromatic carbocycles. The maximum absolute atomic E-state index is 10.8. The van der Waals surface area contributed by atoms with E-state index >= 15 is 0 Å². The van der Waals surface area contributed by atoms with Gasteiger partial charge >= 0.3 is 0 Å². The number of fused-ring (bicyclic) bond motifs is 4. The highest BCUT2D eigenvalue weighted by molar-refractivity contribution is 5.45. The van der Waals surface area contributed by atoms with Gasteiger partial charge in [0.1, 0.15) is 5.75 Å². The third-order valence-corrected chi connectivity index (χ3v) is 4.97. The zero-order valence-corrected chi connectivity index (χ0v) is 11.3. The normalized spacial score (nSPS) is 33.8. The lowest BCUT2D eigenvalue weighted by molar-refractivity contribution is -0.0470. The molecule has 0 unspecified atom stereocenters. The van der Waals surface area contributed by atoms with Crippen LogP contribution in [0.25, 0.3) is 0 Å². The number of hydrogen-bond acceptors (Lipinski definition) is 3. The van der Waals surface area contributed by atoms with Gasteiger partial charge in [-0.05, 0) is 56.1 Å². The Balaban J connectivity index is 2.18. The number of phenols is 1. The van der Waals surface area contributed by atoms with Gasteiger partial charge < -0.3 is 15.1 Å². The summed E-state index contributed by atoms with van der Waals surface area (Å²) in [5.74, 6) is 0.284. The Kier molecular flexibility index (Phi) is 2.91. The number of rotatable bonds is 2. The van der Waals surface area contributed by atoms with Crippen molar-refractivity contribution in [3.63, 3.8) is 0 Å². The molecule has 1 aliphatic carbocycles. The van der Waals surface area contributed by atoms with E-state index in [2.05, 4.69) is 18.5 Å². The van der Waals surface area contributed by atoms with Gasteiger partial charge in [0.2, 0.25) is 0 Å². The number of nitrogens with zero attached hydrogens (tertiary/aromatic N) is 1. The fourth-order valence-corrected chi connectivity index (χ4v) is 3.88. The average Bonchev–Trinajstić information content (AvgIpc) is 2.38. The maximum atomic E-state index is 10.8. The van der Waals surface area contributed by atoms with E-state index in [0.717, 1.165) is 31.4 Å². The van der Waals surface area contributed by atoms with E-state index in [1.54, 1.807) is 6.07 Å². The molecule has 1 aromatic rings. The summed E-state index contributed by atoms with van der Waals surface area (Å²) >= 11 is 0. The molecule has 19 heavy (non-hydrogen) atoms. The Bertz CT molecular complexity index is 513. The summed E-state index contributed by atoms with van der Waals surface area (Å²) in [6.45, 7) is 4.84. The molecule has 2 aliphatic rings. The fraction of sp³-hybridized carbons (Fsp3) is 0.500. The molecular formula is C16H21NO2. The summed E-state index contributed by atoms with van der Waals surface area (Å²) in [7, 11) is 2.08. The van der Waals surface area contributed by atoms with Crippen molar-refractivity contribution in [2.45, 2.75) is 36.8 Å². The van der Waals surface area contributed by atoms with E-state index in [1.807, 2.05) is 18.2 Å². The highest BCUT2D eigenvalue weighted by atomic mass is 16.3. The summed E-state index contributed by atoms with van der Waals surface area (Å²) in [6, 6.07) is 5.75. The molecule has 3 rings (SSSR count). The monoisotopic (exact) mass is 259 g/mol. The largest absolute Gasteiger partial charge is 0.508 e. The summed E-state index contributed by atoms with van der Waals surface area (Å²) in [5, 5.41) is 20.6. The van der Waals surface area contributed by atoms with Gasteiger partial charge in [0, 0.05) is 11.5 Å². The number of benzene rings is 1. The zero-order valence-electron chi connectivity index (χ0n) is 11.3. The number of likely N-dealkylation sites (N-methyl/N-ethyl adjacent to an activating group) is 1. The summed E-state index contributed by atoms with van der Waals surface area (Å²) in [5.41, 5.74) is 2.09. The fourth-order valence-electron chi connectivity index (χ4n) is 3.88. The van der Waals surface area contributed by atoms with Crippen molar-refractivity contribution in [2.75, 3.05) is 13.6 Å². The van der Waals surface area contributed by atoms with Crippen LogP contribution in [0.4, 0.5) is 0 Å². The number of aliphatic hydroxyl groups excluding tert-OH is 1. The van der Waals surface area contributed by atoms with Crippen molar-refractivity contribution in [1.29, 1.82) is 0 Å². The molecule has 0 spiro atoms.